The highest BCUT2D eigenvalue weighted by atomic mass is 79.9. The number of benzene rings is 4. The largest absolute Gasteiger partial charge is 0.411 e. The van der Waals surface area contributed by atoms with E-state index in [1.807, 2.05) is 91.6 Å². The second kappa shape index (κ2) is 19.9. The van der Waals surface area contributed by atoms with Crippen molar-refractivity contribution in [1.29, 1.82) is 0 Å². The first-order valence-electron chi connectivity index (χ1n) is 17.4. The summed E-state index contributed by atoms with van der Waals surface area (Å²) in [5, 5.41) is 29.5. The van der Waals surface area contributed by atoms with Crippen molar-refractivity contribution >= 4 is 50.5 Å². The van der Waals surface area contributed by atoms with Crippen LogP contribution in [0.1, 0.15) is 57.1 Å². The minimum Gasteiger partial charge on any atom is -0.411 e. The van der Waals surface area contributed by atoms with Gasteiger partial charge in [0.25, 0.3) is 11.8 Å². The standard InChI is InChI=1S/C21H21FN4O2.C20H19FN4O2.CH3Br/c1-13(25-28-4)15-9-11-16(12-10-15)17-7-5-6-8-18(17)23-21(27)19-14(2)24-26(3)20(19)22;1-12(24-27)14-8-10-15(11-9-14)16-6-4-5-7-17(16)22-20(26)18-13(2)23-25(3)19(18)21;1-2/h5-12H,1-4H3,(H,23,27);4-11,27H,1-3H3,(H,22,26);1H3/b25-13+;24-12+;. The van der Waals surface area contributed by atoms with Gasteiger partial charge in [0.05, 0.1) is 22.8 Å². The molecule has 0 radical (unpaired) electrons. The molecule has 0 saturated heterocycles. The maximum absolute atomic E-state index is 14.2. The molecule has 3 N–H and O–H groups in total. The third kappa shape index (κ3) is 10.2. The van der Waals surface area contributed by atoms with E-state index >= 15 is 0 Å². The van der Waals surface area contributed by atoms with Gasteiger partial charge in [-0.15, -0.1) is 0 Å². The number of para-hydroxylation sites is 2. The highest BCUT2D eigenvalue weighted by Gasteiger charge is 2.23. The van der Waals surface area contributed by atoms with Gasteiger partial charge in [-0.3, -0.25) is 9.59 Å². The Morgan fingerprint density at radius 1 is 0.667 bits per heavy atom. The number of aromatic nitrogens is 4. The average molecular weight is 842 g/mol. The fourth-order valence-electron chi connectivity index (χ4n) is 5.86. The van der Waals surface area contributed by atoms with E-state index in [0.29, 0.717) is 28.5 Å². The molecule has 0 aliphatic rings. The molecule has 0 aliphatic carbocycles. The summed E-state index contributed by atoms with van der Waals surface area (Å²) in [4.78, 5) is 30.0. The number of nitrogens with zero attached hydrogens (tertiary/aromatic N) is 6. The lowest BCUT2D eigenvalue weighted by Gasteiger charge is -2.12. The summed E-state index contributed by atoms with van der Waals surface area (Å²) in [6.07, 6.45) is 0. The molecule has 296 valence electrons. The number of halogens is 3. The van der Waals surface area contributed by atoms with Gasteiger partial charge >= 0.3 is 0 Å². The van der Waals surface area contributed by atoms with Crippen LogP contribution in [-0.4, -0.2) is 60.9 Å². The van der Waals surface area contributed by atoms with Crippen LogP contribution in [0.4, 0.5) is 20.2 Å². The van der Waals surface area contributed by atoms with Gasteiger partial charge in [-0.05, 0) is 67.9 Å². The number of carbonyl (C=O) groups is 2. The van der Waals surface area contributed by atoms with E-state index in [0.717, 1.165) is 48.5 Å². The number of alkyl halides is 1. The van der Waals surface area contributed by atoms with Gasteiger partial charge in [0.1, 0.15) is 18.2 Å². The second-order valence-corrected chi connectivity index (χ2v) is 12.4. The van der Waals surface area contributed by atoms with E-state index < -0.39 is 23.7 Å². The first kappa shape index (κ1) is 43.3. The molecule has 2 aromatic heterocycles. The highest BCUT2D eigenvalue weighted by molar-refractivity contribution is 9.08. The lowest BCUT2D eigenvalue weighted by atomic mass is 10.0. The van der Waals surface area contributed by atoms with Crippen LogP contribution in [0, 0.1) is 25.7 Å². The van der Waals surface area contributed by atoms with Gasteiger partial charge in [-0.25, -0.2) is 9.36 Å². The average Bonchev–Trinajstić information content (AvgIpc) is 3.64. The Balaban J connectivity index is 0.000000242. The van der Waals surface area contributed by atoms with E-state index in [4.69, 9.17) is 10.0 Å². The second-order valence-electron chi connectivity index (χ2n) is 12.4. The first-order valence-corrected chi connectivity index (χ1v) is 19.0. The zero-order valence-electron chi connectivity index (χ0n) is 32.7. The Morgan fingerprint density at radius 3 is 1.37 bits per heavy atom. The van der Waals surface area contributed by atoms with Gasteiger partial charge in [0, 0.05) is 36.6 Å². The van der Waals surface area contributed by atoms with E-state index in [1.165, 1.54) is 21.2 Å². The van der Waals surface area contributed by atoms with Crippen molar-refractivity contribution in [3.8, 4) is 22.3 Å². The molecular weight excluding hydrogens is 798 g/mol. The van der Waals surface area contributed by atoms with Crippen LogP contribution in [0.15, 0.2) is 107 Å². The summed E-state index contributed by atoms with van der Waals surface area (Å²) in [5.41, 5.74) is 8.06. The summed E-state index contributed by atoms with van der Waals surface area (Å²) in [5.74, 6) is -0.608. The molecule has 12 nitrogen and oxygen atoms in total. The molecule has 0 saturated carbocycles. The third-order valence-electron chi connectivity index (χ3n) is 8.71. The Labute approximate surface area is 338 Å². The van der Waals surface area contributed by atoms with Crippen molar-refractivity contribution in [3.63, 3.8) is 0 Å². The topological polar surface area (TPSA) is 148 Å². The number of anilines is 2. The Morgan fingerprint density at radius 2 is 1.04 bits per heavy atom. The third-order valence-corrected chi connectivity index (χ3v) is 8.71. The molecule has 2 amide bonds. The van der Waals surface area contributed by atoms with Gasteiger partial charge in [-0.1, -0.05) is 111 Å². The molecule has 0 aliphatic heterocycles. The molecule has 0 atom stereocenters. The van der Waals surface area contributed by atoms with Gasteiger partial charge in [0.15, 0.2) is 0 Å². The van der Waals surface area contributed by atoms with E-state index in [9.17, 15) is 18.4 Å². The maximum atomic E-state index is 14.2. The Kier molecular flexibility index (Phi) is 15.1. The summed E-state index contributed by atoms with van der Waals surface area (Å²) in [6, 6.07) is 29.8. The van der Waals surface area contributed by atoms with Crippen LogP contribution in [0.5, 0.6) is 0 Å². The van der Waals surface area contributed by atoms with Gasteiger partial charge in [0.2, 0.25) is 11.9 Å². The molecule has 4 aromatic carbocycles. The van der Waals surface area contributed by atoms with Crippen LogP contribution in [0.2, 0.25) is 0 Å². The molecule has 57 heavy (non-hydrogen) atoms. The normalized spacial score (nSPS) is 11.1. The predicted molar refractivity (Wildman–Crippen MR) is 224 cm³/mol. The first-order chi connectivity index (χ1) is 27.3. The SMILES string of the molecule is C/C(=N\O)c1ccc(-c2ccccc2NC(=O)c2c(C)nn(C)c2F)cc1.CBr.CO/N=C(\C)c1ccc(-c2ccccc2NC(=O)c2c(C)nn(C)c2F)cc1. The Hall–Kier alpha value is -6.48. The molecule has 2 heterocycles. The number of rotatable bonds is 9. The van der Waals surface area contributed by atoms with Crippen molar-refractivity contribution in [2.75, 3.05) is 23.6 Å². The summed E-state index contributed by atoms with van der Waals surface area (Å²) in [6.45, 7) is 6.76. The maximum Gasteiger partial charge on any atom is 0.262 e. The predicted octanol–water partition coefficient (Wildman–Crippen LogP) is 9.15. The van der Waals surface area contributed by atoms with Crippen LogP contribution in [0.3, 0.4) is 0 Å². The molecule has 0 fully saturated rings. The van der Waals surface area contributed by atoms with Gasteiger partial charge in [-0.2, -0.15) is 19.0 Å². The monoisotopic (exact) mass is 840 g/mol. The van der Waals surface area contributed by atoms with Crippen molar-refractivity contribution in [1.82, 2.24) is 19.6 Å². The number of hydrogen-bond donors (Lipinski definition) is 3. The quantitative estimate of drug-likeness (QED) is 0.0573. The van der Waals surface area contributed by atoms with Crippen molar-refractivity contribution in [2.45, 2.75) is 27.7 Å². The number of nitrogens with one attached hydrogen (secondary N) is 2. The smallest absolute Gasteiger partial charge is 0.262 e. The molecular formula is C42H43BrF2N8O4. The van der Waals surface area contributed by atoms with Crippen molar-refractivity contribution in [3.05, 3.63) is 143 Å². The van der Waals surface area contributed by atoms with Crippen molar-refractivity contribution < 1.29 is 28.4 Å². The number of aryl methyl sites for hydroxylation is 4. The molecule has 0 unspecified atom stereocenters. The number of oxime groups is 2. The van der Waals surface area contributed by atoms with Gasteiger partial charge < -0.3 is 20.7 Å². The summed E-state index contributed by atoms with van der Waals surface area (Å²) < 4.78 is 30.5. The molecule has 15 heteroatoms. The fourth-order valence-corrected chi connectivity index (χ4v) is 5.86. The zero-order chi connectivity index (χ0) is 41.8. The van der Waals surface area contributed by atoms with Crippen molar-refractivity contribution in [2.24, 2.45) is 24.4 Å². The highest BCUT2D eigenvalue weighted by Crippen LogP contribution is 2.30. The van der Waals surface area contributed by atoms with Crippen LogP contribution in [0.25, 0.3) is 22.3 Å². The van der Waals surface area contributed by atoms with E-state index in [-0.39, 0.29) is 11.1 Å². The summed E-state index contributed by atoms with van der Waals surface area (Å²) >= 11 is 2.94. The van der Waals surface area contributed by atoms with Crippen LogP contribution >= 0.6 is 15.9 Å². The number of hydrogen-bond acceptors (Lipinski definition) is 8. The molecule has 0 spiro atoms. The lowest BCUT2D eigenvalue weighted by molar-refractivity contribution is 0.101. The minimum absolute atomic E-state index is 0.0564. The minimum atomic E-state index is -0.675. The number of amides is 2. The van der Waals surface area contributed by atoms with Crippen LogP contribution in [-0.2, 0) is 18.9 Å². The molecule has 6 aromatic rings. The molecule has 6 rings (SSSR count). The fraction of sp³-hybridized carbons (Fsp3) is 0.190. The van der Waals surface area contributed by atoms with Crippen LogP contribution < -0.4 is 10.6 Å². The molecule has 0 bridgehead atoms. The summed E-state index contributed by atoms with van der Waals surface area (Å²) in [7, 11) is 4.42. The lowest BCUT2D eigenvalue weighted by Crippen LogP contribution is -2.15. The van der Waals surface area contributed by atoms with E-state index in [1.54, 1.807) is 39.0 Å². The zero-order valence-corrected chi connectivity index (χ0v) is 34.3. The Bertz CT molecular complexity index is 2410. The number of carbonyl (C=O) groups excluding carboxylic acids is 2. The van der Waals surface area contributed by atoms with E-state index in [2.05, 4.69) is 47.1 Å².